The Morgan fingerprint density at radius 3 is 2.54 bits per heavy atom. The van der Waals surface area contributed by atoms with Gasteiger partial charge in [0.15, 0.2) is 0 Å². The molecular weight excluding hydrogens is 445 g/mol. The highest BCUT2D eigenvalue weighted by Crippen LogP contribution is 2.34. The van der Waals surface area contributed by atoms with Crippen LogP contribution in [0.15, 0.2) is 40.4 Å². The van der Waals surface area contributed by atoms with Gasteiger partial charge in [-0.25, -0.2) is 18.5 Å². The number of sulfonamides is 1. The number of hydrogen-bond donors (Lipinski definition) is 2. The van der Waals surface area contributed by atoms with Crippen LogP contribution in [0, 0.1) is 10.1 Å². The number of nitrogens with one attached hydrogen (secondary N) is 1. The van der Waals surface area contributed by atoms with Crippen molar-refractivity contribution in [3.05, 3.63) is 51.2 Å². The molecule has 0 aliphatic heterocycles. The van der Waals surface area contributed by atoms with Gasteiger partial charge in [-0.1, -0.05) is 11.6 Å². The van der Waals surface area contributed by atoms with E-state index in [-0.39, 0.29) is 28.0 Å². The molecule has 28 heavy (non-hydrogen) atoms. The minimum Gasteiger partial charge on any atom is -0.379 e. The monoisotopic (exact) mass is 456 g/mol. The number of halogens is 4. The highest BCUT2D eigenvalue weighted by atomic mass is 35.5. The summed E-state index contributed by atoms with van der Waals surface area (Å²) >= 11 is 6.85. The molecular formula is C14H12ClF3N4O4S2. The number of pyridine rings is 1. The molecule has 1 aromatic heterocycles. The van der Waals surface area contributed by atoms with E-state index in [1.807, 2.05) is 0 Å². The number of nitro groups is 1. The molecule has 0 amide bonds. The first-order valence-electron chi connectivity index (χ1n) is 7.30. The molecule has 0 fully saturated rings. The SMILES string of the molecule is NS(=O)(=O)c1ccc(NCCSc2ncc(C(F)(F)F)cc2Cl)c([N+](=O)[O-])c1. The van der Waals surface area contributed by atoms with Crippen LogP contribution >= 0.6 is 23.4 Å². The van der Waals surface area contributed by atoms with Gasteiger partial charge in [0.05, 0.1) is 20.4 Å². The number of primary sulfonamides is 1. The van der Waals surface area contributed by atoms with Crippen molar-refractivity contribution in [3.8, 4) is 0 Å². The molecule has 0 unspecified atom stereocenters. The van der Waals surface area contributed by atoms with Crippen LogP contribution in [-0.2, 0) is 16.2 Å². The highest BCUT2D eigenvalue weighted by molar-refractivity contribution is 7.99. The van der Waals surface area contributed by atoms with Gasteiger partial charge in [0.1, 0.15) is 10.7 Å². The third-order valence-electron chi connectivity index (χ3n) is 3.29. The average molecular weight is 457 g/mol. The Morgan fingerprint density at radius 2 is 2.00 bits per heavy atom. The van der Waals surface area contributed by atoms with Gasteiger partial charge >= 0.3 is 6.18 Å². The van der Waals surface area contributed by atoms with Crippen LogP contribution in [-0.4, -0.2) is 30.6 Å². The number of thioether (sulfide) groups is 1. The van der Waals surface area contributed by atoms with Gasteiger partial charge in [-0.05, 0) is 18.2 Å². The number of nitro benzene ring substituents is 1. The predicted molar refractivity (Wildman–Crippen MR) is 97.9 cm³/mol. The zero-order chi connectivity index (χ0) is 21.1. The van der Waals surface area contributed by atoms with Crippen molar-refractivity contribution in [1.82, 2.24) is 4.98 Å². The molecule has 152 valence electrons. The van der Waals surface area contributed by atoms with Crippen molar-refractivity contribution >= 4 is 44.8 Å². The number of rotatable bonds is 7. The maximum atomic E-state index is 12.6. The molecule has 2 aromatic rings. The van der Waals surface area contributed by atoms with Gasteiger partial charge in [0, 0.05) is 24.6 Å². The Kier molecular flexibility index (Phi) is 6.75. The van der Waals surface area contributed by atoms with Crippen molar-refractivity contribution in [2.45, 2.75) is 16.1 Å². The molecule has 0 bridgehead atoms. The lowest BCUT2D eigenvalue weighted by Gasteiger charge is -2.10. The maximum Gasteiger partial charge on any atom is 0.417 e. The summed E-state index contributed by atoms with van der Waals surface area (Å²) in [6, 6.07) is 3.91. The lowest BCUT2D eigenvalue weighted by Crippen LogP contribution is -2.13. The molecule has 0 radical (unpaired) electrons. The van der Waals surface area contributed by atoms with Gasteiger partial charge in [0.25, 0.3) is 5.69 Å². The quantitative estimate of drug-likeness (QED) is 0.282. The van der Waals surface area contributed by atoms with E-state index in [4.69, 9.17) is 16.7 Å². The van der Waals surface area contributed by atoms with Gasteiger partial charge in [0.2, 0.25) is 10.0 Å². The third-order valence-corrected chi connectivity index (χ3v) is 5.60. The zero-order valence-electron chi connectivity index (χ0n) is 13.7. The summed E-state index contributed by atoms with van der Waals surface area (Å²) in [6.07, 6.45) is -3.89. The smallest absolute Gasteiger partial charge is 0.379 e. The van der Waals surface area contributed by atoms with Crippen LogP contribution in [0.5, 0.6) is 0 Å². The largest absolute Gasteiger partial charge is 0.417 e. The first-order valence-corrected chi connectivity index (χ1v) is 10.2. The fraction of sp³-hybridized carbons (Fsp3) is 0.214. The van der Waals surface area contributed by atoms with E-state index in [9.17, 15) is 31.7 Å². The third kappa shape index (κ3) is 5.70. The highest BCUT2D eigenvalue weighted by Gasteiger charge is 2.31. The number of benzene rings is 1. The topological polar surface area (TPSA) is 128 Å². The molecule has 0 saturated carbocycles. The van der Waals surface area contributed by atoms with Gasteiger partial charge in [-0.2, -0.15) is 13.2 Å². The van der Waals surface area contributed by atoms with E-state index in [0.29, 0.717) is 6.20 Å². The summed E-state index contributed by atoms with van der Waals surface area (Å²) in [5.74, 6) is 0.270. The van der Waals surface area contributed by atoms with E-state index in [0.717, 1.165) is 30.0 Å². The Balaban J connectivity index is 2.03. The van der Waals surface area contributed by atoms with E-state index in [2.05, 4.69) is 10.3 Å². The minimum atomic E-state index is -4.55. The average Bonchev–Trinajstić information content (AvgIpc) is 2.57. The Morgan fingerprint density at radius 1 is 1.32 bits per heavy atom. The Labute approximate surface area is 166 Å². The van der Waals surface area contributed by atoms with E-state index in [1.54, 1.807) is 0 Å². The van der Waals surface area contributed by atoms with Crippen LogP contribution < -0.4 is 10.5 Å². The normalized spacial score (nSPS) is 12.0. The van der Waals surface area contributed by atoms with Gasteiger partial charge in [-0.15, -0.1) is 11.8 Å². The fourth-order valence-corrected chi connectivity index (χ4v) is 3.59. The van der Waals surface area contributed by atoms with Crippen LogP contribution in [0.2, 0.25) is 5.02 Å². The molecule has 0 atom stereocenters. The number of nitrogens with two attached hydrogens (primary N) is 1. The van der Waals surface area contributed by atoms with Crippen molar-refractivity contribution in [2.75, 3.05) is 17.6 Å². The Hall–Kier alpha value is -2.09. The zero-order valence-corrected chi connectivity index (χ0v) is 16.1. The van der Waals surface area contributed by atoms with E-state index < -0.39 is 37.3 Å². The van der Waals surface area contributed by atoms with Crippen LogP contribution in [0.3, 0.4) is 0 Å². The molecule has 8 nitrogen and oxygen atoms in total. The predicted octanol–water partition coefficient (Wildman–Crippen LogP) is 3.51. The number of aromatic nitrogens is 1. The second-order valence-electron chi connectivity index (χ2n) is 5.27. The molecule has 14 heteroatoms. The molecule has 0 spiro atoms. The molecule has 1 aromatic carbocycles. The molecule has 3 N–H and O–H groups in total. The number of alkyl halides is 3. The fourth-order valence-electron chi connectivity index (χ4n) is 2.01. The lowest BCUT2D eigenvalue weighted by molar-refractivity contribution is -0.384. The molecule has 1 heterocycles. The van der Waals surface area contributed by atoms with Crippen LogP contribution in [0.1, 0.15) is 5.56 Å². The standard InChI is InChI=1S/C14H12ClF3N4O4S2/c15-10-5-8(14(16,17)18)7-21-13(10)27-4-3-20-11-2-1-9(28(19,25)26)6-12(11)22(23)24/h1-2,5-7,20H,3-4H2,(H2,19,25,26). The van der Waals surface area contributed by atoms with Crippen LogP contribution in [0.4, 0.5) is 24.5 Å². The first-order chi connectivity index (χ1) is 12.9. The van der Waals surface area contributed by atoms with Crippen molar-refractivity contribution in [2.24, 2.45) is 5.14 Å². The van der Waals surface area contributed by atoms with Crippen LogP contribution in [0.25, 0.3) is 0 Å². The maximum absolute atomic E-state index is 12.6. The summed E-state index contributed by atoms with van der Waals surface area (Å²) in [4.78, 5) is 13.6. The van der Waals surface area contributed by atoms with E-state index in [1.165, 1.54) is 6.07 Å². The minimum absolute atomic E-state index is 0.0597. The number of anilines is 1. The molecule has 0 aliphatic carbocycles. The Bertz CT molecular complexity index is 1000. The summed E-state index contributed by atoms with van der Waals surface area (Å²) in [7, 11) is -4.10. The number of nitrogens with zero attached hydrogens (tertiary/aromatic N) is 2. The summed E-state index contributed by atoms with van der Waals surface area (Å²) < 4.78 is 60.3. The molecule has 2 rings (SSSR count). The lowest BCUT2D eigenvalue weighted by atomic mass is 10.2. The van der Waals surface area contributed by atoms with E-state index >= 15 is 0 Å². The molecule has 0 aliphatic rings. The van der Waals surface area contributed by atoms with Gasteiger partial charge < -0.3 is 5.32 Å². The second kappa shape index (κ2) is 8.51. The molecule has 0 saturated heterocycles. The summed E-state index contributed by atoms with van der Waals surface area (Å²) in [5.41, 5.74) is -1.39. The second-order valence-corrected chi connectivity index (χ2v) is 8.32. The summed E-state index contributed by atoms with van der Waals surface area (Å²) in [6.45, 7) is 0.166. The first kappa shape index (κ1) is 22.2. The van der Waals surface area contributed by atoms with Crippen molar-refractivity contribution in [1.29, 1.82) is 0 Å². The van der Waals surface area contributed by atoms with Gasteiger partial charge in [-0.3, -0.25) is 10.1 Å². The van der Waals surface area contributed by atoms with Crippen molar-refractivity contribution in [3.63, 3.8) is 0 Å². The summed E-state index contributed by atoms with van der Waals surface area (Å²) in [5, 5.41) is 18.8. The van der Waals surface area contributed by atoms with Crippen molar-refractivity contribution < 1.29 is 26.5 Å². The number of hydrogen-bond acceptors (Lipinski definition) is 7.